The molecule has 0 atom stereocenters. The van der Waals surface area contributed by atoms with Crippen LogP contribution in [0.15, 0.2) is 22.6 Å². The maximum atomic E-state index is 5.65. The molecule has 0 radical (unpaired) electrons. The topological polar surface area (TPSA) is 70.5 Å². The number of hydrogen-bond donors (Lipinski definition) is 1. The molecule has 0 amide bonds. The van der Waals surface area contributed by atoms with Gasteiger partial charge in [0.25, 0.3) is 0 Å². The van der Waals surface area contributed by atoms with Crippen LogP contribution in [0.4, 0.5) is 5.69 Å². The fraction of sp³-hybridized carbons (Fsp3) is 0.417. The molecule has 0 aliphatic rings. The van der Waals surface area contributed by atoms with E-state index in [-0.39, 0.29) is 0 Å². The van der Waals surface area contributed by atoms with Crippen LogP contribution >= 0.6 is 0 Å². The van der Waals surface area contributed by atoms with Gasteiger partial charge in [0, 0.05) is 18.4 Å². The number of oxazole rings is 1. The summed E-state index contributed by atoms with van der Waals surface area (Å²) in [5.41, 5.74) is 7.80. The average Bonchev–Trinajstić information content (AvgIpc) is 2.70. The lowest BCUT2D eigenvalue weighted by Crippen LogP contribution is -2.03. The Labute approximate surface area is 99.5 Å². The van der Waals surface area contributed by atoms with Crippen molar-refractivity contribution in [1.82, 2.24) is 4.98 Å². The fourth-order valence-electron chi connectivity index (χ4n) is 1.47. The van der Waals surface area contributed by atoms with Crippen LogP contribution < -0.4 is 5.73 Å². The minimum atomic E-state index is 0.349. The predicted molar refractivity (Wildman–Crippen MR) is 64.6 cm³/mol. The Hall–Kier alpha value is -1.59. The number of ether oxygens (including phenoxy) is 2. The van der Waals surface area contributed by atoms with Crippen LogP contribution in [0, 0.1) is 0 Å². The number of aromatic nitrogens is 1. The van der Waals surface area contributed by atoms with E-state index in [1.165, 1.54) is 0 Å². The molecule has 2 aromatic rings. The SMILES string of the molecule is CCOCCOCc1nc2ccc(N)cc2o1. The first-order chi connectivity index (χ1) is 8.29. The molecular weight excluding hydrogens is 220 g/mol. The second kappa shape index (κ2) is 5.65. The Balaban J connectivity index is 1.91. The number of hydrogen-bond acceptors (Lipinski definition) is 5. The first-order valence-corrected chi connectivity index (χ1v) is 5.60. The zero-order valence-electron chi connectivity index (χ0n) is 9.81. The third-order valence-corrected chi connectivity index (χ3v) is 2.26. The summed E-state index contributed by atoms with van der Waals surface area (Å²) in [6, 6.07) is 5.38. The number of rotatable bonds is 6. The van der Waals surface area contributed by atoms with Crippen molar-refractivity contribution in [3.8, 4) is 0 Å². The number of benzene rings is 1. The molecule has 17 heavy (non-hydrogen) atoms. The molecule has 0 fully saturated rings. The van der Waals surface area contributed by atoms with Crippen molar-refractivity contribution in [2.75, 3.05) is 25.6 Å². The van der Waals surface area contributed by atoms with Gasteiger partial charge in [-0.2, -0.15) is 0 Å². The van der Waals surface area contributed by atoms with E-state index in [0.717, 1.165) is 5.52 Å². The minimum Gasteiger partial charge on any atom is -0.438 e. The summed E-state index contributed by atoms with van der Waals surface area (Å²) >= 11 is 0. The minimum absolute atomic E-state index is 0.349. The number of nitrogens with two attached hydrogens (primary N) is 1. The highest BCUT2D eigenvalue weighted by Crippen LogP contribution is 2.18. The lowest BCUT2D eigenvalue weighted by molar-refractivity contribution is 0.0379. The van der Waals surface area contributed by atoms with E-state index in [4.69, 9.17) is 19.6 Å². The molecule has 0 aliphatic carbocycles. The lowest BCUT2D eigenvalue weighted by Gasteiger charge is -2.00. The Kier molecular flexibility index (Phi) is 3.95. The second-order valence-electron chi connectivity index (χ2n) is 3.58. The van der Waals surface area contributed by atoms with Crippen LogP contribution in [-0.4, -0.2) is 24.8 Å². The molecule has 0 spiro atoms. The van der Waals surface area contributed by atoms with Crippen molar-refractivity contribution in [3.63, 3.8) is 0 Å². The molecule has 1 aromatic heterocycles. The summed E-state index contributed by atoms with van der Waals surface area (Å²) < 4.78 is 16.0. The molecule has 5 nitrogen and oxygen atoms in total. The second-order valence-corrected chi connectivity index (χ2v) is 3.58. The fourth-order valence-corrected chi connectivity index (χ4v) is 1.47. The lowest BCUT2D eigenvalue weighted by atomic mass is 10.3. The summed E-state index contributed by atoms with van der Waals surface area (Å²) in [7, 11) is 0. The summed E-state index contributed by atoms with van der Waals surface area (Å²) in [5.74, 6) is 0.557. The quantitative estimate of drug-likeness (QED) is 0.613. The van der Waals surface area contributed by atoms with Crippen LogP contribution in [0.5, 0.6) is 0 Å². The molecule has 2 rings (SSSR count). The summed E-state index contributed by atoms with van der Waals surface area (Å²) in [4.78, 5) is 4.28. The number of anilines is 1. The van der Waals surface area contributed by atoms with E-state index in [1.54, 1.807) is 12.1 Å². The number of nitrogens with zero attached hydrogens (tertiary/aromatic N) is 1. The number of nitrogen functional groups attached to an aromatic ring is 1. The average molecular weight is 236 g/mol. The molecule has 0 bridgehead atoms. The number of fused-ring (bicyclic) bond motifs is 1. The van der Waals surface area contributed by atoms with Gasteiger partial charge in [0.05, 0.1) is 13.2 Å². The van der Waals surface area contributed by atoms with E-state index in [0.29, 0.717) is 43.6 Å². The van der Waals surface area contributed by atoms with Gasteiger partial charge in [-0.3, -0.25) is 0 Å². The molecule has 1 aromatic carbocycles. The van der Waals surface area contributed by atoms with Crippen molar-refractivity contribution in [1.29, 1.82) is 0 Å². The molecule has 92 valence electrons. The van der Waals surface area contributed by atoms with Crippen molar-refractivity contribution < 1.29 is 13.9 Å². The van der Waals surface area contributed by atoms with Crippen LogP contribution in [-0.2, 0) is 16.1 Å². The zero-order valence-corrected chi connectivity index (χ0v) is 9.81. The van der Waals surface area contributed by atoms with Crippen LogP contribution in [0.25, 0.3) is 11.1 Å². The van der Waals surface area contributed by atoms with Gasteiger partial charge in [-0.05, 0) is 19.1 Å². The Morgan fingerprint density at radius 2 is 2.12 bits per heavy atom. The van der Waals surface area contributed by atoms with Gasteiger partial charge in [0.1, 0.15) is 12.1 Å². The molecule has 0 saturated carbocycles. The summed E-state index contributed by atoms with van der Waals surface area (Å²) in [5, 5.41) is 0. The largest absolute Gasteiger partial charge is 0.438 e. The normalized spacial score (nSPS) is 11.1. The van der Waals surface area contributed by atoms with E-state index >= 15 is 0 Å². The highest BCUT2D eigenvalue weighted by molar-refractivity contribution is 5.76. The molecular formula is C12H16N2O3. The Morgan fingerprint density at radius 1 is 1.29 bits per heavy atom. The summed E-state index contributed by atoms with van der Waals surface area (Å²) in [6.07, 6.45) is 0. The maximum absolute atomic E-state index is 5.65. The third kappa shape index (κ3) is 3.18. The van der Waals surface area contributed by atoms with Gasteiger partial charge in [-0.15, -0.1) is 0 Å². The highest BCUT2D eigenvalue weighted by atomic mass is 16.5. The van der Waals surface area contributed by atoms with E-state index in [1.807, 2.05) is 13.0 Å². The third-order valence-electron chi connectivity index (χ3n) is 2.26. The van der Waals surface area contributed by atoms with E-state index in [9.17, 15) is 0 Å². The Morgan fingerprint density at radius 3 is 2.94 bits per heavy atom. The smallest absolute Gasteiger partial charge is 0.221 e. The maximum Gasteiger partial charge on any atom is 0.221 e. The Bertz CT molecular complexity index is 482. The van der Waals surface area contributed by atoms with Crippen LogP contribution in [0.1, 0.15) is 12.8 Å². The van der Waals surface area contributed by atoms with Crippen molar-refractivity contribution in [3.05, 3.63) is 24.1 Å². The van der Waals surface area contributed by atoms with Gasteiger partial charge in [-0.25, -0.2) is 4.98 Å². The van der Waals surface area contributed by atoms with Crippen LogP contribution in [0.2, 0.25) is 0 Å². The van der Waals surface area contributed by atoms with Crippen molar-refractivity contribution in [2.24, 2.45) is 0 Å². The molecule has 1 heterocycles. The first-order valence-electron chi connectivity index (χ1n) is 5.60. The van der Waals surface area contributed by atoms with Gasteiger partial charge in [0.15, 0.2) is 5.58 Å². The van der Waals surface area contributed by atoms with Gasteiger partial charge >= 0.3 is 0 Å². The summed E-state index contributed by atoms with van der Waals surface area (Å²) in [6.45, 7) is 4.12. The van der Waals surface area contributed by atoms with Gasteiger partial charge in [0.2, 0.25) is 5.89 Å². The van der Waals surface area contributed by atoms with Gasteiger partial charge < -0.3 is 19.6 Å². The highest BCUT2D eigenvalue weighted by Gasteiger charge is 2.05. The van der Waals surface area contributed by atoms with E-state index in [2.05, 4.69) is 4.98 Å². The molecule has 0 saturated heterocycles. The van der Waals surface area contributed by atoms with Crippen molar-refractivity contribution >= 4 is 16.8 Å². The first kappa shape index (κ1) is 11.9. The zero-order chi connectivity index (χ0) is 12.1. The predicted octanol–water partition coefficient (Wildman–Crippen LogP) is 1.96. The van der Waals surface area contributed by atoms with Crippen molar-refractivity contribution in [2.45, 2.75) is 13.5 Å². The molecule has 0 aliphatic heterocycles. The standard InChI is InChI=1S/C12H16N2O3/c1-2-15-5-6-16-8-12-14-10-4-3-9(13)7-11(10)17-12/h3-4,7H,2,5-6,8,13H2,1H3. The monoisotopic (exact) mass is 236 g/mol. The van der Waals surface area contributed by atoms with E-state index < -0.39 is 0 Å². The van der Waals surface area contributed by atoms with Crippen LogP contribution in [0.3, 0.4) is 0 Å². The molecule has 2 N–H and O–H groups in total. The molecule has 0 unspecified atom stereocenters. The van der Waals surface area contributed by atoms with Gasteiger partial charge in [-0.1, -0.05) is 0 Å². The molecule has 5 heteroatoms.